The van der Waals surface area contributed by atoms with E-state index in [0.717, 1.165) is 38.5 Å². The summed E-state index contributed by atoms with van der Waals surface area (Å²) in [5, 5.41) is 6.50. The summed E-state index contributed by atoms with van der Waals surface area (Å²) in [6.07, 6.45) is 6.77. The molecule has 2 N–H and O–H groups in total. The predicted octanol–water partition coefficient (Wildman–Crippen LogP) is 1.37. The van der Waals surface area contributed by atoms with Gasteiger partial charge in [-0.3, -0.25) is 9.69 Å². The van der Waals surface area contributed by atoms with Gasteiger partial charge in [-0.1, -0.05) is 6.92 Å². The van der Waals surface area contributed by atoms with Gasteiger partial charge in [0.25, 0.3) is 0 Å². The fourth-order valence-corrected chi connectivity index (χ4v) is 3.37. The van der Waals surface area contributed by atoms with E-state index in [-0.39, 0.29) is 5.91 Å². The highest BCUT2D eigenvalue weighted by Gasteiger charge is 2.23. The number of likely N-dealkylation sites (N-methyl/N-ethyl adjacent to an activating group) is 1. The molecule has 2 saturated heterocycles. The normalized spacial score (nSPS) is 25.6. The zero-order valence-corrected chi connectivity index (χ0v) is 12.3. The molecule has 1 amide bonds. The first-order valence-electron chi connectivity index (χ1n) is 8.01. The Hall–Kier alpha value is -0.610. The van der Waals surface area contributed by atoms with Gasteiger partial charge in [0.05, 0.1) is 0 Å². The topological polar surface area (TPSA) is 44.4 Å². The zero-order chi connectivity index (χ0) is 13.5. The minimum atomic E-state index is 0.251. The maximum atomic E-state index is 11.9. The first-order valence-corrected chi connectivity index (χ1v) is 8.01. The minimum absolute atomic E-state index is 0.251. The number of amides is 1. The van der Waals surface area contributed by atoms with Crippen molar-refractivity contribution in [1.29, 1.82) is 0 Å². The van der Waals surface area contributed by atoms with Gasteiger partial charge in [-0.2, -0.15) is 0 Å². The summed E-state index contributed by atoms with van der Waals surface area (Å²) >= 11 is 0. The molecular weight excluding hydrogens is 238 g/mol. The predicted molar refractivity (Wildman–Crippen MR) is 78.1 cm³/mol. The highest BCUT2D eigenvalue weighted by Crippen LogP contribution is 2.18. The van der Waals surface area contributed by atoms with Gasteiger partial charge in [0.2, 0.25) is 5.91 Å². The summed E-state index contributed by atoms with van der Waals surface area (Å²) < 4.78 is 0. The van der Waals surface area contributed by atoms with Gasteiger partial charge in [0.15, 0.2) is 0 Å². The minimum Gasteiger partial charge on any atom is -0.355 e. The van der Waals surface area contributed by atoms with E-state index in [1.165, 1.54) is 32.2 Å². The average molecular weight is 267 g/mol. The van der Waals surface area contributed by atoms with Gasteiger partial charge < -0.3 is 10.6 Å². The molecule has 4 heteroatoms. The van der Waals surface area contributed by atoms with Crippen molar-refractivity contribution in [2.75, 3.05) is 32.7 Å². The summed E-state index contributed by atoms with van der Waals surface area (Å²) in [5.74, 6) is 1.01. The number of carbonyl (C=O) groups excluding carboxylic acids is 1. The van der Waals surface area contributed by atoms with E-state index in [9.17, 15) is 4.79 Å². The number of likely N-dealkylation sites (tertiary alicyclic amines) is 1. The average Bonchev–Trinajstić information content (AvgIpc) is 2.91. The number of hydrogen-bond acceptors (Lipinski definition) is 3. The molecule has 2 aliphatic heterocycles. The Balaban J connectivity index is 1.58. The molecule has 0 aromatic rings. The molecule has 2 heterocycles. The number of hydrogen-bond donors (Lipinski definition) is 2. The maximum absolute atomic E-state index is 11.9. The molecule has 2 aliphatic rings. The molecule has 0 saturated carbocycles. The van der Waals surface area contributed by atoms with Gasteiger partial charge >= 0.3 is 0 Å². The van der Waals surface area contributed by atoms with Crippen LogP contribution in [-0.2, 0) is 4.79 Å². The number of nitrogens with zero attached hydrogens (tertiary/aromatic N) is 1. The molecule has 2 fully saturated rings. The number of piperidine rings is 1. The van der Waals surface area contributed by atoms with Crippen LogP contribution < -0.4 is 10.6 Å². The van der Waals surface area contributed by atoms with Crippen LogP contribution in [0, 0.1) is 5.92 Å². The van der Waals surface area contributed by atoms with Crippen molar-refractivity contribution >= 4 is 5.91 Å². The van der Waals surface area contributed by atoms with Crippen LogP contribution in [0.5, 0.6) is 0 Å². The lowest BCUT2D eigenvalue weighted by atomic mass is 9.93. The molecular formula is C15H29N3O. The molecule has 19 heavy (non-hydrogen) atoms. The summed E-state index contributed by atoms with van der Waals surface area (Å²) in [6, 6.07) is 0.577. The van der Waals surface area contributed by atoms with Gasteiger partial charge in [0.1, 0.15) is 0 Å². The Kier molecular flexibility index (Phi) is 6.11. The van der Waals surface area contributed by atoms with E-state index < -0.39 is 0 Å². The second-order valence-corrected chi connectivity index (χ2v) is 5.96. The van der Waals surface area contributed by atoms with Crippen molar-refractivity contribution in [2.45, 2.75) is 51.5 Å². The fraction of sp³-hybridized carbons (Fsp3) is 0.933. The van der Waals surface area contributed by atoms with E-state index in [0.29, 0.717) is 12.5 Å². The van der Waals surface area contributed by atoms with Crippen molar-refractivity contribution < 1.29 is 4.79 Å². The Bertz CT molecular complexity index is 277. The van der Waals surface area contributed by atoms with Crippen molar-refractivity contribution in [3.8, 4) is 0 Å². The summed E-state index contributed by atoms with van der Waals surface area (Å²) in [5.41, 5.74) is 0. The highest BCUT2D eigenvalue weighted by atomic mass is 16.1. The molecule has 0 aromatic carbocycles. The molecule has 4 nitrogen and oxygen atoms in total. The van der Waals surface area contributed by atoms with E-state index in [2.05, 4.69) is 22.5 Å². The molecule has 1 unspecified atom stereocenters. The maximum Gasteiger partial charge on any atom is 0.220 e. The van der Waals surface area contributed by atoms with Gasteiger partial charge in [-0.15, -0.1) is 0 Å². The van der Waals surface area contributed by atoms with E-state index in [1.54, 1.807) is 0 Å². The second-order valence-electron chi connectivity index (χ2n) is 5.96. The lowest BCUT2D eigenvalue weighted by molar-refractivity contribution is -0.121. The highest BCUT2D eigenvalue weighted by molar-refractivity contribution is 5.75. The SMILES string of the molecule is CCN1CCCC1CNC(=O)CCC1CCNCC1. The monoisotopic (exact) mass is 267 g/mol. The van der Waals surface area contributed by atoms with Crippen LogP contribution >= 0.6 is 0 Å². The number of rotatable bonds is 6. The quantitative estimate of drug-likeness (QED) is 0.764. The lowest BCUT2D eigenvalue weighted by Crippen LogP contribution is -2.40. The summed E-state index contributed by atoms with van der Waals surface area (Å²) in [6.45, 7) is 7.61. The third kappa shape index (κ3) is 4.77. The van der Waals surface area contributed by atoms with E-state index in [4.69, 9.17) is 0 Å². The Morgan fingerprint density at radius 2 is 2.11 bits per heavy atom. The molecule has 110 valence electrons. The fourth-order valence-electron chi connectivity index (χ4n) is 3.37. The van der Waals surface area contributed by atoms with E-state index >= 15 is 0 Å². The Labute approximate surface area is 117 Å². The summed E-state index contributed by atoms with van der Waals surface area (Å²) in [7, 11) is 0. The molecule has 0 aromatic heterocycles. The van der Waals surface area contributed by atoms with Crippen molar-refractivity contribution in [1.82, 2.24) is 15.5 Å². The van der Waals surface area contributed by atoms with Crippen LogP contribution in [0.1, 0.15) is 45.4 Å². The first kappa shape index (κ1) is 14.8. The zero-order valence-electron chi connectivity index (χ0n) is 12.3. The number of carbonyl (C=O) groups is 1. The molecule has 2 rings (SSSR count). The Morgan fingerprint density at radius 3 is 2.84 bits per heavy atom. The molecule has 1 atom stereocenters. The van der Waals surface area contributed by atoms with Gasteiger partial charge in [-0.05, 0) is 64.2 Å². The Morgan fingerprint density at radius 1 is 1.32 bits per heavy atom. The van der Waals surface area contributed by atoms with Crippen LogP contribution in [0.15, 0.2) is 0 Å². The lowest BCUT2D eigenvalue weighted by Gasteiger charge is -2.24. The van der Waals surface area contributed by atoms with Crippen LogP contribution in [0.3, 0.4) is 0 Å². The standard InChI is InChI=1S/C15H29N3O/c1-2-18-11-3-4-14(18)12-17-15(19)6-5-13-7-9-16-10-8-13/h13-14,16H,2-12H2,1H3,(H,17,19). The smallest absolute Gasteiger partial charge is 0.220 e. The largest absolute Gasteiger partial charge is 0.355 e. The molecule has 0 aliphatic carbocycles. The van der Waals surface area contributed by atoms with Crippen LogP contribution in [-0.4, -0.2) is 49.6 Å². The third-order valence-corrected chi connectivity index (χ3v) is 4.68. The second kappa shape index (κ2) is 7.85. The van der Waals surface area contributed by atoms with Crippen molar-refractivity contribution in [2.24, 2.45) is 5.92 Å². The molecule has 0 spiro atoms. The molecule has 0 bridgehead atoms. The van der Waals surface area contributed by atoms with E-state index in [1.807, 2.05) is 0 Å². The molecule has 0 radical (unpaired) electrons. The third-order valence-electron chi connectivity index (χ3n) is 4.68. The van der Waals surface area contributed by atoms with Crippen molar-refractivity contribution in [3.63, 3.8) is 0 Å². The van der Waals surface area contributed by atoms with Gasteiger partial charge in [0, 0.05) is 19.0 Å². The number of nitrogens with one attached hydrogen (secondary N) is 2. The van der Waals surface area contributed by atoms with Crippen molar-refractivity contribution in [3.05, 3.63) is 0 Å². The van der Waals surface area contributed by atoms with Crippen LogP contribution in [0.4, 0.5) is 0 Å². The van der Waals surface area contributed by atoms with Crippen LogP contribution in [0.25, 0.3) is 0 Å². The first-order chi connectivity index (χ1) is 9.29. The van der Waals surface area contributed by atoms with Crippen LogP contribution in [0.2, 0.25) is 0 Å². The summed E-state index contributed by atoms with van der Waals surface area (Å²) in [4.78, 5) is 14.4. The van der Waals surface area contributed by atoms with Gasteiger partial charge in [-0.25, -0.2) is 0 Å².